The highest BCUT2D eigenvalue weighted by Crippen LogP contribution is 2.21. The first kappa shape index (κ1) is 18.4. The molecular formula is C23H26N4O. The summed E-state index contributed by atoms with van der Waals surface area (Å²) in [5, 5.41) is 7.35. The highest BCUT2D eigenvalue weighted by Gasteiger charge is 2.25. The van der Waals surface area contributed by atoms with E-state index in [0.29, 0.717) is 18.2 Å². The van der Waals surface area contributed by atoms with Gasteiger partial charge in [-0.1, -0.05) is 42.5 Å². The fourth-order valence-corrected chi connectivity index (χ4v) is 3.88. The first-order chi connectivity index (χ1) is 13.7. The van der Waals surface area contributed by atoms with Gasteiger partial charge in [-0.2, -0.15) is 5.10 Å². The van der Waals surface area contributed by atoms with Crippen LogP contribution >= 0.6 is 0 Å². The fourth-order valence-electron chi connectivity index (χ4n) is 3.88. The standard InChI is InChI=1S/C23H26N4O/c1-26-17-21(14-25-26)19-9-5-10-20(13-19)23(28)24-15-22-11-6-12-27(22)16-18-7-3-2-4-8-18/h2-5,7-10,13-14,17,22H,6,11-12,15-16H2,1H3,(H,24,28). The normalized spacial score (nSPS) is 17.0. The minimum atomic E-state index is -0.0164. The SMILES string of the molecule is Cn1cc(-c2cccc(C(=O)NCC3CCCN3Cc3ccccc3)c2)cn1. The molecule has 0 bridgehead atoms. The Morgan fingerprint density at radius 3 is 2.79 bits per heavy atom. The molecule has 0 aliphatic carbocycles. The van der Waals surface area contributed by atoms with E-state index in [1.54, 1.807) is 4.68 Å². The van der Waals surface area contributed by atoms with E-state index < -0.39 is 0 Å². The van der Waals surface area contributed by atoms with E-state index in [4.69, 9.17) is 0 Å². The molecule has 1 aliphatic heterocycles. The molecule has 1 unspecified atom stereocenters. The number of hydrogen-bond acceptors (Lipinski definition) is 3. The average molecular weight is 374 g/mol. The average Bonchev–Trinajstić information content (AvgIpc) is 3.36. The molecule has 1 fully saturated rings. The van der Waals surface area contributed by atoms with Crippen molar-refractivity contribution in [2.24, 2.45) is 7.05 Å². The summed E-state index contributed by atoms with van der Waals surface area (Å²) in [6, 6.07) is 18.7. The number of aryl methyl sites for hydroxylation is 1. The second-order valence-corrected chi connectivity index (χ2v) is 7.45. The number of likely N-dealkylation sites (tertiary alicyclic amines) is 1. The lowest BCUT2D eigenvalue weighted by atomic mass is 10.1. The third-order valence-corrected chi connectivity index (χ3v) is 5.39. The number of carbonyl (C=O) groups excluding carboxylic acids is 1. The molecule has 1 N–H and O–H groups in total. The van der Waals surface area contributed by atoms with Crippen LogP contribution in [0.15, 0.2) is 67.0 Å². The Hall–Kier alpha value is -2.92. The van der Waals surface area contributed by atoms with Crippen LogP contribution in [0.1, 0.15) is 28.8 Å². The van der Waals surface area contributed by atoms with Gasteiger partial charge in [0.15, 0.2) is 0 Å². The third-order valence-electron chi connectivity index (χ3n) is 5.39. The summed E-state index contributed by atoms with van der Waals surface area (Å²) in [6.07, 6.45) is 6.08. The summed E-state index contributed by atoms with van der Waals surface area (Å²) in [6.45, 7) is 2.71. The molecule has 28 heavy (non-hydrogen) atoms. The van der Waals surface area contributed by atoms with Gasteiger partial charge in [0.2, 0.25) is 0 Å². The Morgan fingerprint density at radius 2 is 2.00 bits per heavy atom. The van der Waals surface area contributed by atoms with Crippen molar-refractivity contribution in [1.29, 1.82) is 0 Å². The van der Waals surface area contributed by atoms with Gasteiger partial charge in [0, 0.05) is 43.5 Å². The Morgan fingerprint density at radius 1 is 1.14 bits per heavy atom. The van der Waals surface area contributed by atoms with E-state index in [1.807, 2.05) is 49.8 Å². The van der Waals surface area contributed by atoms with Gasteiger partial charge < -0.3 is 5.32 Å². The lowest BCUT2D eigenvalue weighted by Crippen LogP contribution is -2.39. The molecule has 2 aromatic carbocycles. The van der Waals surface area contributed by atoms with Crippen molar-refractivity contribution in [3.63, 3.8) is 0 Å². The number of carbonyl (C=O) groups is 1. The van der Waals surface area contributed by atoms with E-state index in [9.17, 15) is 4.79 Å². The molecule has 144 valence electrons. The zero-order chi connectivity index (χ0) is 19.3. The van der Waals surface area contributed by atoms with E-state index in [1.165, 1.54) is 12.0 Å². The van der Waals surface area contributed by atoms with Crippen LogP contribution in [0, 0.1) is 0 Å². The Balaban J connectivity index is 1.37. The van der Waals surface area contributed by atoms with Crippen molar-refractivity contribution in [2.75, 3.05) is 13.1 Å². The maximum absolute atomic E-state index is 12.7. The maximum atomic E-state index is 12.7. The summed E-state index contributed by atoms with van der Waals surface area (Å²) in [5.74, 6) is -0.0164. The molecule has 0 saturated carbocycles. The number of nitrogens with one attached hydrogen (secondary N) is 1. The summed E-state index contributed by atoms with van der Waals surface area (Å²) in [7, 11) is 1.89. The van der Waals surface area contributed by atoms with E-state index in [0.717, 1.165) is 30.6 Å². The molecule has 5 heteroatoms. The van der Waals surface area contributed by atoms with Crippen LogP contribution in [-0.2, 0) is 13.6 Å². The van der Waals surface area contributed by atoms with Gasteiger partial charge in [-0.25, -0.2) is 0 Å². The molecule has 5 nitrogen and oxygen atoms in total. The number of hydrogen-bond donors (Lipinski definition) is 1. The number of benzene rings is 2. The molecule has 1 aromatic heterocycles. The Kier molecular flexibility index (Phi) is 5.53. The molecule has 0 radical (unpaired) electrons. The molecular weight excluding hydrogens is 348 g/mol. The lowest BCUT2D eigenvalue weighted by molar-refractivity contribution is 0.0940. The van der Waals surface area contributed by atoms with Crippen LogP contribution in [0.3, 0.4) is 0 Å². The first-order valence-corrected chi connectivity index (χ1v) is 9.84. The molecule has 1 atom stereocenters. The van der Waals surface area contributed by atoms with Crippen LogP contribution in [0.25, 0.3) is 11.1 Å². The second kappa shape index (κ2) is 8.40. The topological polar surface area (TPSA) is 50.2 Å². The molecule has 1 amide bonds. The molecule has 0 spiro atoms. The summed E-state index contributed by atoms with van der Waals surface area (Å²) < 4.78 is 1.77. The molecule has 3 aromatic rings. The number of rotatable bonds is 6. The van der Waals surface area contributed by atoms with Crippen molar-refractivity contribution in [3.8, 4) is 11.1 Å². The lowest BCUT2D eigenvalue weighted by Gasteiger charge is -2.24. The summed E-state index contributed by atoms with van der Waals surface area (Å²) >= 11 is 0. The van der Waals surface area contributed by atoms with Crippen molar-refractivity contribution in [1.82, 2.24) is 20.0 Å². The van der Waals surface area contributed by atoms with Gasteiger partial charge in [-0.05, 0) is 42.6 Å². The quantitative estimate of drug-likeness (QED) is 0.719. The largest absolute Gasteiger partial charge is 0.350 e. The Bertz CT molecular complexity index is 935. The smallest absolute Gasteiger partial charge is 0.251 e. The zero-order valence-corrected chi connectivity index (χ0v) is 16.2. The fraction of sp³-hybridized carbons (Fsp3) is 0.304. The van der Waals surface area contributed by atoms with Crippen molar-refractivity contribution in [3.05, 3.63) is 78.1 Å². The molecule has 1 aliphatic rings. The van der Waals surface area contributed by atoms with E-state index in [-0.39, 0.29) is 5.91 Å². The van der Waals surface area contributed by atoms with Gasteiger partial charge >= 0.3 is 0 Å². The number of nitrogens with zero attached hydrogens (tertiary/aromatic N) is 3. The molecule has 2 heterocycles. The van der Waals surface area contributed by atoms with E-state index in [2.05, 4.69) is 39.6 Å². The minimum absolute atomic E-state index is 0.0164. The maximum Gasteiger partial charge on any atom is 0.251 e. The van der Waals surface area contributed by atoms with Crippen LogP contribution in [0.5, 0.6) is 0 Å². The van der Waals surface area contributed by atoms with Gasteiger partial charge in [-0.15, -0.1) is 0 Å². The highest BCUT2D eigenvalue weighted by molar-refractivity contribution is 5.95. The molecule has 4 rings (SSSR count). The van der Waals surface area contributed by atoms with Crippen molar-refractivity contribution in [2.45, 2.75) is 25.4 Å². The van der Waals surface area contributed by atoms with Gasteiger partial charge in [0.25, 0.3) is 5.91 Å². The highest BCUT2D eigenvalue weighted by atomic mass is 16.1. The summed E-state index contributed by atoms with van der Waals surface area (Å²) in [5.41, 5.74) is 4.04. The predicted octanol–water partition coefficient (Wildman–Crippen LogP) is 3.48. The van der Waals surface area contributed by atoms with Crippen LogP contribution in [0.4, 0.5) is 0 Å². The van der Waals surface area contributed by atoms with Gasteiger partial charge in [0.1, 0.15) is 0 Å². The zero-order valence-electron chi connectivity index (χ0n) is 16.2. The van der Waals surface area contributed by atoms with Crippen LogP contribution in [0.2, 0.25) is 0 Å². The number of amides is 1. The van der Waals surface area contributed by atoms with Crippen LogP contribution < -0.4 is 5.32 Å². The summed E-state index contributed by atoms with van der Waals surface area (Å²) in [4.78, 5) is 15.2. The predicted molar refractivity (Wildman–Crippen MR) is 111 cm³/mol. The monoisotopic (exact) mass is 374 g/mol. The third kappa shape index (κ3) is 4.31. The van der Waals surface area contributed by atoms with Crippen LogP contribution in [-0.4, -0.2) is 39.7 Å². The Labute approximate surface area is 166 Å². The van der Waals surface area contributed by atoms with Crippen molar-refractivity contribution < 1.29 is 4.79 Å². The second-order valence-electron chi connectivity index (χ2n) is 7.45. The number of aromatic nitrogens is 2. The minimum Gasteiger partial charge on any atom is -0.350 e. The van der Waals surface area contributed by atoms with Gasteiger partial charge in [0.05, 0.1) is 6.20 Å². The van der Waals surface area contributed by atoms with Crippen molar-refractivity contribution >= 4 is 5.91 Å². The molecule has 1 saturated heterocycles. The van der Waals surface area contributed by atoms with E-state index >= 15 is 0 Å². The van der Waals surface area contributed by atoms with Gasteiger partial charge in [-0.3, -0.25) is 14.4 Å². The first-order valence-electron chi connectivity index (χ1n) is 9.84.